The molecule has 0 heterocycles. The molecule has 0 spiro atoms. The monoisotopic (exact) mass is 266 g/mol. The van der Waals surface area contributed by atoms with Crippen molar-refractivity contribution in [3.63, 3.8) is 0 Å². The number of aromatic carboxylic acids is 1. The second kappa shape index (κ2) is 14.6. The van der Waals surface area contributed by atoms with Crippen molar-refractivity contribution < 1.29 is 44.3 Å². The van der Waals surface area contributed by atoms with Crippen molar-refractivity contribution in [1.82, 2.24) is 0 Å². The Morgan fingerprint density at radius 2 is 1.16 bits per heavy atom. The van der Waals surface area contributed by atoms with E-state index in [-0.39, 0.29) is 29.6 Å². The number of carbonyl (C=O) groups is 1. The van der Waals surface area contributed by atoms with Crippen LogP contribution in [0.1, 0.15) is 17.3 Å². The minimum absolute atomic E-state index is 0. The van der Waals surface area contributed by atoms with Crippen LogP contribution in [-0.2, 0) is 4.79 Å². The average molecular weight is 266 g/mol. The molecule has 3 nitrogen and oxygen atoms in total. The molecule has 0 aliphatic rings. The molecule has 0 saturated heterocycles. The van der Waals surface area contributed by atoms with Crippen molar-refractivity contribution in [2.45, 2.75) is 6.92 Å². The van der Waals surface area contributed by atoms with Gasteiger partial charge < -0.3 is 9.90 Å². The molecule has 1 N–H and O–H groups in total. The molecule has 0 aromatic heterocycles. The third-order valence-electron chi connectivity index (χ3n) is 1.69. The van der Waals surface area contributed by atoms with E-state index in [9.17, 15) is 4.79 Å². The van der Waals surface area contributed by atoms with Gasteiger partial charge in [0.25, 0.3) is 0 Å². The number of hydrogen-bond acceptors (Lipinski definition) is 2. The normalized spacial score (nSPS) is 7.42. The summed E-state index contributed by atoms with van der Waals surface area (Å²) in [7, 11) is 0. The smallest absolute Gasteiger partial charge is 0.542 e. The Morgan fingerprint density at radius 3 is 1.37 bits per heavy atom. The van der Waals surface area contributed by atoms with E-state index in [0.717, 1.165) is 0 Å². The molecule has 0 atom stereocenters. The van der Waals surface area contributed by atoms with Crippen molar-refractivity contribution in [3.05, 3.63) is 72.3 Å². The Hall–Kier alpha value is -1.42. The fourth-order valence-electron chi connectivity index (χ4n) is 0.966. The molecule has 94 valence electrons. The second-order valence-electron chi connectivity index (χ2n) is 3.03. The van der Waals surface area contributed by atoms with E-state index in [1.54, 1.807) is 30.3 Å². The van der Waals surface area contributed by atoms with Gasteiger partial charge in [0.15, 0.2) is 0 Å². The molecule has 0 aliphatic carbocycles. The zero-order valence-corrected chi connectivity index (χ0v) is 13.1. The number of rotatable bonds is 1. The molecular weight excluding hydrogens is 251 g/mol. The molecule has 0 fully saturated rings. The summed E-state index contributed by atoms with van der Waals surface area (Å²) in [4.78, 5) is 18.9. The first-order valence-corrected chi connectivity index (χ1v) is 5.29. The molecule has 0 radical (unpaired) electrons. The SMILES string of the molecule is C[C-]=O.O=C(O)c1ccccc1.[Na+].c1ccccc1. The molecule has 2 aromatic carbocycles. The summed E-state index contributed by atoms with van der Waals surface area (Å²) < 4.78 is 0. The van der Waals surface area contributed by atoms with Gasteiger partial charge in [0.05, 0.1) is 5.56 Å². The minimum atomic E-state index is -0.879. The maximum Gasteiger partial charge on any atom is 1.00 e. The van der Waals surface area contributed by atoms with E-state index in [1.807, 2.05) is 36.4 Å². The van der Waals surface area contributed by atoms with Gasteiger partial charge in [-0.05, 0) is 12.1 Å². The summed E-state index contributed by atoms with van der Waals surface area (Å²) in [5, 5.41) is 8.38. The zero-order valence-electron chi connectivity index (χ0n) is 11.1. The van der Waals surface area contributed by atoms with Gasteiger partial charge in [-0.3, -0.25) is 6.29 Å². The van der Waals surface area contributed by atoms with Gasteiger partial charge in [0, 0.05) is 0 Å². The summed E-state index contributed by atoms with van der Waals surface area (Å²) in [6, 6.07) is 20.3. The van der Waals surface area contributed by atoms with Crippen molar-refractivity contribution in [3.8, 4) is 0 Å². The standard InChI is InChI=1S/C7H6O2.C6H6.C2H3O.Na/c8-7(9)6-4-2-1-3-5-6;1-2-4-6-5-3-1;1-2-3;/h1-5H,(H,8,9);1-6H;1H3;/q;;-1;+1. The van der Waals surface area contributed by atoms with Crippen molar-refractivity contribution in [2.24, 2.45) is 0 Å². The molecule has 19 heavy (non-hydrogen) atoms. The van der Waals surface area contributed by atoms with Gasteiger partial charge in [0.1, 0.15) is 0 Å². The Labute approximate surface area is 135 Å². The van der Waals surface area contributed by atoms with E-state index in [0.29, 0.717) is 5.56 Å². The maximum atomic E-state index is 10.2. The summed E-state index contributed by atoms with van der Waals surface area (Å²) in [6.07, 6.45) is 1.50. The molecule has 0 amide bonds. The fraction of sp³-hybridized carbons (Fsp3) is 0.0667. The van der Waals surface area contributed by atoms with Crippen LogP contribution in [-0.4, -0.2) is 17.4 Å². The minimum Gasteiger partial charge on any atom is -0.542 e. The van der Waals surface area contributed by atoms with Gasteiger partial charge in [-0.25, -0.2) is 4.79 Å². The van der Waals surface area contributed by atoms with Crippen LogP contribution in [0.25, 0.3) is 0 Å². The number of carbonyl (C=O) groups excluding carboxylic acids is 1. The zero-order chi connectivity index (χ0) is 13.6. The average Bonchev–Trinajstić information content (AvgIpc) is 2.43. The number of benzene rings is 2. The summed E-state index contributed by atoms with van der Waals surface area (Å²) >= 11 is 0. The number of carboxylic acid groups (broad SMARTS) is 1. The van der Waals surface area contributed by atoms with Gasteiger partial charge in [-0.2, -0.15) is 6.92 Å². The van der Waals surface area contributed by atoms with Crippen LogP contribution in [0.4, 0.5) is 0 Å². The number of hydrogen-bond donors (Lipinski definition) is 1. The van der Waals surface area contributed by atoms with Gasteiger partial charge >= 0.3 is 35.5 Å². The van der Waals surface area contributed by atoms with Crippen LogP contribution in [0.3, 0.4) is 0 Å². The Kier molecular flexibility index (Phi) is 15.3. The first-order valence-electron chi connectivity index (χ1n) is 5.29. The van der Waals surface area contributed by atoms with Crippen LogP contribution >= 0.6 is 0 Å². The third-order valence-corrected chi connectivity index (χ3v) is 1.69. The second-order valence-corrected chi connectivity index (χ2v) is 3.03. The van der Waals surface area contributed by atoms with E-state index in [4.69, 9.17) is 9.90 Å². The van der Waals surface area contributed by atoms with Crippen LogP contribution in [0.5, 0.6) is 0 Å². The van der Waals surface area contributed by atoms with Crippen LogP contribution in [0.2, 0.25) is 0 Å². The van der Waals surface area contributed by atoms with E-state index in [1.165, 1.54) is 13.2 Å². The third kappa shape index (κ3) is 12.8. The van der Waals surface area contributed by atoms with Gasteiger partial charge in [-0.15, -0.1) is 0 Å². The fourth-order valence-corrected chi connectivity index (χ4v) is 0.966. The topological polar surface area (TPSA) is 54.4 Å². The van der Waals surface area contributed by atoms with E-state index in [2.05, 4.69) is 0 Å². The number of carboxylic acids is 1. The van der Waals surface area contributed by atoms with Crippen LogP contribution < -0.4 is 29.6 Å². The molecule has 0 unspecified atom stereocenters. The predicted octanol–water partition coefficient (Wildman–Crippen LogP) is 0.191. The van der Waals surface area contributed by atoms with E-state index < -0.39 is 5.97 Å². The van der Waals surface area contributed by atoms with E-state index >= 15 is 0 Å². The quantitative estimate of drug-likeness (QED) is 0.592. The largest absolute Gasteiger partial charge is 1.00 e. The van der Waals surface area contributed by atoms with Crippen LogP contribution in [0, 0.1) is 0 Å². The molecule has 4 heteroatoms. The summed E-state index contributed by atoms with van der Waals surface area (Å²) in [5.74, 6) is -0.879. The Bertz CT molecular complexity index is 403. The Balaban J connectivity index is 0. The first-order chi connectivity index (χ1) is 8.72. The molecular formula is C15H15NaO3. The van der Waals surface area contributed by atoms with Crippen molar-refractivity contribution in [2.75, 3.05) is 0 Å². The summed E-state index contributed by atoms with van der Waals surface area (Å²) in [5.41, 5.74) is 0.331. The van der Waals surface area contributed by atoms with Crippen molar-refractivity contribution >= 4 is 12.3 Å². The molecule has 2 rings (SSSR count). The van der Waals surface area contributed by atoms with Gasteiger partial charge in [0.2, 0.25) is 0 Å². The van der Waals surface area contributed by atoms with Gasteiger partial charge in [-0.1, -0.05) is 54.6 Å². The maximum absolute atomic E-state index is 10.2. The molecule has 0 bridgehead atoms. The first kappa shape index (κ1) is 19.9. The van der Waals surface area contributed by atoms with Crippen LogP contribution in [0.15, 0.2) is 66.7 Å². The molecule has 0 saturated carbocycles. The summed E-state index contributed by atoms with van der Waals surface area (Å²) in [6.45, 7) is 1.32. The Morgan fingerprint density at radius 1 is 0.895 bits per heavy atom. The molecule has 2 aromatic rings. The molecule has 0 aliphatic heterocycles. The van der Waals surface area contributed by atoms with Crippen molar-refractivity contribution in [1.29, 1.82) is 0 Å². The predicted molar refractivity (Wildman–Crippen MR) is 71.2 cm³/mol.